The Labute approximate surface area is 215 Å². The second-order valence-electron chi connectivity index (χ2n) is 8.83. The fraction of sp³-hybridized carbons (Fsp3) is 0.357. The lowest BCUT2D eigenvalue weighted by molar-refractivity contribution is -0.136. The van der Waals surface area contributed by atoms with E-state index in [0.717, 1.165) is 17.7 Å². The SMILES string of the molecule is COc1cc([C@@H](O)C2SC2(Cc2ccc(CC(=O)O)cn2)OCCc2ccccc2)cc(OC)c1C. The van der Waals surface area contributed by atoms with E-state index in [9.17, 15) is 9.90 Å². The van der Waals surface area contributed by atoms with Crippen LogP contribution in [0.3, 0.4) is 0 Å². The van der Waals surface area contributed by atoms with Crippen LogP contribution in [0.1, 0.15) is 34.1 Å². The maximum atomic E-state index is 11.4. The molecule has 2 aromatic carbocycles. The number of hydrogen-bond acceptors (Lipinski definition) is 7. The van der Waals surface area contributed by atoms with Crippen molar-refractivity contribution in [3.63, 3.8) is 0 Å². The summed E-state index contributed by atoms with van der Waals surface area (Å²) in [6, 6.07) is 17.4. The average molecular weight is 510 g/mol. The summed E-state index contributed by atoms with van der Waals surface area (Å²) in [4.78, 5) is 14.8. The summed E-state index contributed by atoms with van der Waals surface area (Å²) in [5.74, 6) is 0.413. The van der Waals surface area contributed by atoms with Gasteiger partial charge in [-0.25, -0.2) is 0 Å². The molecule has 0 spiro atoms. The number of aliphatic hydroxyl groups excluding tert-OH is 1. The van der Waals surface area contributed by atoms with Gasteiger partial charge in [0.1, 0.15) is 16.4 Å². The van der Waals surface area contributed by atoms with Crippen LogP contribution in [0.2, 0.25) is 0 Å². The Hall–Kier alpha value is -3.07. The predicted octanol–water partition coefficient (Wildman–Crippen LogP) is 4.38. The van der Waals surface area contributed by atoms with Gasteiger partial charge < -0.3 is 24.4 Å². The molecule has 1 saturated heterocycles. The zero-order valence-electron chi connectivity index (χ0n) is 20.6. The number of benzene rings is 2. The van der Waals surface area contributed by atoms with Crippen LogP contribution in [-0.2, 0) is 28.8 Å². The molecule has 3 aromatic rings. The number of carbonyl (C=O) groups is 1. The van der Waals surface area contributed by atoms with Crippen LogP contribution in [0.4, 0.5) is 0 Å². The lowest BCUT2D eigenvalue weighted by atomic mass is 9.98. The standard InChI is InChI=1S/C28H31NO6S/c1-18-23(33-2)14-21(15-24(18)34-3)26(32)27-28(36-27,35-12-11-19-7-5-4-6-8-19)16-22-10-9-20(17-29-22)13-25(30)31/h4-10,14-15,17,26-27,32H,11-13,16H2,1-3H3,(H,30,31)/t26-,27?,28?/m1/s1. The number of methoxy groups -OCH3 is 2. The lowest BCUT2D eigenvalue weighted by Crippen LogP contribution is -2.27. The van der Waals surface area contributed by atoms with E-state index < -0.39 is 17.0 Å². The number of nitrogens with zero attached hydrogens (tertiary/aromatic N) is 1. The topological polar surface area (TPSA) is 98.1 Å². The second kappa shape index (κ2) is 11.3. The summed E-state index contributed by atoms with van der Waals surface area (Å²) in [6.45, 7) is 2.41. The highest BCUT2D eigenvalue weighted by Crippen LogP contribution is 2.61. The van der Waals surface area contributed by atoms with E-state index in [1.54, 1.807) is 38.2 Å². The van der Waals surface area contributed by atoms with Crippen LogP contribution in [-0.4, -0.2) is 52.2 Å². The number of ether oxygens (including phenoxy) is 3. The largest absolute Gasteiger partial charge is 0.496 e. The molecule has 7 nitrogen and oxygen atoms in total. The molecular formula is C28H31NO6S. The molecule has 190 valence electrons. The van der Waals surface area contributed by atoms with Crippen LogP contribution in [0, 0.1) is 6.92 Å². The Morgan fingerprint density at radius 2 is 1.78 bits per heavy atom. The number of carboxylic acid groups (broad SMARTS) is 1. The normalized spacial score (nSPS) is 19.5. The van der Waals surface area contributed by atoms with Crippen molar-refractivity contribution in [1.29, 1.82) is 0 Å². The predicted molar refractivity (Wildman–Crippen MR) is 139 cm³/mol. The highest BCUT2D eigenvalue weighted by atomic mass is 32.2. The molecule has 1 aliphatic rings. The Kier molecular flexibility index (Phi) is 8.18. The number of carboxylic acids is 1. The summed E-state index contributed by atoms with van der Waals surface area (Å²) in [6.07, 6.45) is 1.96. The van der Waals surface area contributed by atoms with Crippen molar-refractivity contribution in [1.82, 2.24) is 4.98 Å². The van der Waals surface area contributed by atoms with Crippen LogP contribution < -0.4 is 9.47 Å². The van der Waals surface area contributed by atoms with Crippen molar-refractivity contribution in [2.75, 3.05) is 20.8 Å². The van der Waals surface area contributed by atoms with E-state index in [1.165, 1.54) is 5.56 Å². The van der Waals surface area contributed by atoms with Gasteiger partial charge in [-0.15, -0.1) is 11.8 Å². The molecule has 2 N–H and O–H groups in total. The molecule has 0 amide bonds. The molecule has 3 atom stereocenters. The third-order valence-corrected chi connectivity index (χ3v) is 7.91. The molecule has 0 bridgehead atoms. The van der Waals surface area contributed by atoms with E-state index in [4.69, 9.17) is 19.3 Å². The van der Waals surface area contributed by atoms with Gasteiger partial charge in [0, 0.05) is 23.9 Å². The van der Waals surface area contributed by atoms with E-state index in [1.807, 2.05) is 43.3 Å². The summed E-state index contributed by atoms with van der Waals surface area (Å²) in [5, 5.41) is 20.2. The zero-order chi connectivity index (χ0) is 25.7. The van der Waals surface area contributed by atoms with Crippen molar-refractivity contribution >= 4 is 17.7 Å². The molecule has 1 fully saturated rings. The number of aromatic nitrogens is 1. The zero-order valence-corrected chi connectivity index (χ0v) is 21.5. The fourth-order valence-electron chi connectivity index (χ4n) is 4.32. The molecular weight excluding hydrogens is 478 g/mol. The van der Waals surface area contributed by atoms with E-state index in [2.05, 4.69) is 17.1 Å². The van der Waals surface area contributed by atoms with Crippen molar-refractivity contribution < 1.29 is 29.2 Å². The minimum absolute atomic E-state index is 0.0703. The average Bonchev–Trinajstić information content (AvgIpc) is 3.58. The van der Waals surface area contributed by atoms with Crippen LogP contribution >= 0.6 is 11.8 Å². The number of hydrogen-bond donors (Lipinski definition) is 2. The Morgan fingerprint density at radius 1 is 1.08 bits per heavy atom. The first-order valence-corrected chi connectivity index (χ1v) is 12.6. The summed E-state index contributed by atoms with van der Waals surface area (Å²) in [7, 11) is 3.20. The van der Waals surface area contributed by atoms with Gasteiger partial charge in [0.05, 0.1) is 38.6 Å². The Bertz CT molecular complexity index is 1160. The van der Waals surface area contributed by atoms with Gasteiger partial charge in [-0.3, -0.25) is 9.78 Å². The number of rotatable bonds is 12. The Balaban J connectivity index is 1.54. The van der Waals surface area contributed by atoms with Gasteiger partial charge >= 0.3 is 5.97 Å². The maximum absolute atomic E-state index is 11.4. The van der Waals surface area contributed by atoms with Crippen LogP contribution in [0.5, 0.6) is 11.5 Å². The summed E-state index contributed by atoms with van der Waals surface area (Å²) < 4.78 is 17.4. The number of pyridine rings is 1. The van der Waals surface area contributed by atoms with Crippen molar-refractivity contribution in [3.8, 4) is 11.5 Å². The van der Waals surface area contributed by atoms with Gasteiger partial charge in [0.25, 0.3) is 0 Å². The third kappa shape index (κ3) is 6.00. The first-order chi connectivity index (χ1) is 17.3. The van der Waals surface area contributed by atoms with E-state index >= 15 is 0 Å². The number of aliphatic carboxylic acids is 1. The Morgan fingerprint density at radius 3 is 2.36 bits per heavy atom. The fourth-order valence-corrected chi connectivity index (χ4v) is 5.64. The van der Waals surface area contributed by atoms with Gasteiger partial charge in [-0.1, -0.05) is 36.4 Å². The quantitative estimate of drug-likeness (QED) is 0.347. The van der Waals surface area contributed by atoms with E-state index in [-0.39, 0.29) is 11.7 Å². The molecule has 0 radical (unpaired) electrons. The molecule has 36 heavy (non-hydrogen) atoms. The van der Waals surface area contributed by atoms with Crippen LogP contribution in [0.15, 0.2) is 60.8 Å². The van der Waals surface area contributed by atoms with Gasteiger partial charge in [-0.05, 0) is 48.2 Å². The molecule has 4 rings (SSSR count). The first-order valence-electron chi connectivity index (χ1n) is 11.8. The minimum atomic E-state index is -0.893. The maximum Gasteiger partial charge on any atom is 0.307 e. The van der Waals surface area contributed by atoms with E-state index in [0.29, 0.717) is 35.7 Å². The number of aliphatic hydroxyl groups is 1. The first kappa shape index (κ1) is 26.0. The second-order valence-corrected chi connectivity index (χ2v) is 10.3. The number of thioether (sulfide) groups is 1. The van der Waals surface area contributed by atoms with Gasteiger partial charge in [0.2, 0.25) is 0 Å². The lowest BCUT2D eigenvalue weighted by Gasteiger charge is -2.20. The minimum Gasteiger partial charge on any atom is -0.496 e. The molecule has 1 aliphatic heterocycles. The van der Waals surface area contributed by atoms with Crippen LogP contribution in [0.25, 0.3) is 0 Å². The summed E-state index contributed by atoms with van der Waals surface area (Å²) >= 11 is 1.57. The monoisotopic (exact) mass is 509 g/mol. The van der Waals surface area contributed by atoms with Gasteiger partial charge in [-0.2, -0.15) is 0 Å². The molecule has 0 saturated carbocycles. The highest BCUT2D eigenvalue weighted by Gasteiger charge is 2.60. The van der Waals surface area contributed by atoms with Crippen molar-refractivity contribution in [2.24, 2.45) is 0 Å². The third-order valence-electron chi connectivity index (χ3n) is 6.35. The van der Waals surface area contributed by atoms with Gasteiger partial charge in [0.15, 0.2) is 0 Å². The highest BCUT2D eigenvalue weighted by molar-refractivity contribution is 8.08. The smallest absolute Gasteiger partial charge is 0.307 e. The van der Waals surface area contributed by atoms with Crippen molar-refractivity contribution in [2.45, 2.75) is 42.5 Å². The molecule has 2 heterocycles. The molecule has 0 aliphatic carbocycles. The molecule has 2 unspecified atom stereocenters. The summed E-state index contributed by atoms with van der Waals surface area (Å²) in [5.41, 5.74) is 4.18. The molecule has 1 aromatic heterocycles. The molecule has 8 heteroatoms. The van der Waals surface area contributed by atoms with Crippen molar-refractivity contribution in [3.05, 3.63) is 88.7 Å².